The third-order valence-corrected chi connectivity index (χ3v) is 24.1. The molecule has 133 heavy (non-hydrogen) atoms. The van der Waals surface area contributed by atoms with Gasteiger partial charge in [0.25, 0.3) is 0 Å². The van der Waals surface area contributed by atoms with Crippen LogP contribution in [0.15, 0.2) is 182 Å². The van der Waals surface area contributed by atoms with Crippen LogP contribution >= 0.6 is 11.8 Å². The molecule has 0 spiro atoms. The Bertz CT molecular complexity index is 5440. The molecule has 0 bridgehead atoms. The normalized spacial score (nSPS) is 21.6. The first kappa shape index (κ1) is 103. The van der Waals surface area contributed by atoms with Gasteiger partial charge in [0.1, 0.15) is 78.0 Å². The van der Waals surface area contributed by atoms with Crippen LogP contribution in [0.2, 0.25) is 0 Å². The Morgan fingerprint density at radius 1 is 0.444 bits per heavy atom. The van der Waals surface area contributed by atoms with E-state index in [1.807, 2.05) is 43.3 Å². The van der Waals surface area contributed by atoms with Gasteiger partial charge in [0.05, 0.1) is 31.8 Å². The van der Waals surface area contributed by atoms with Gasteiger partial charge in [-0.3, -0.25) is 76.7 Å². The van der Waals surface area contributed by atoms with Crippen molar-refractivity contribution in [1.82, 2.24) is 77.3 Å². The largest absolute Gasteiger partial charge is 0.508 e. The van der Waals surface area contributed by atoms with Crippen molar-refractivity contribution in [3.63, 3.8) is 0 Å². The molecule has 708 valence electrons. The van der Waals surface area contributed by atoms with E-state index in [1.54, 1.807) is 111 Å². The van der Waals surface area contributed by atoms with Gasteiger partial charge in [0, 0.05) is 96.6 Å². The minimum atomic E-state index is -1.79. The molecule has 2 heterocycles. The molecule has 0 radical (unpaired) electrons. The summed E-state index contributed by atoms with van der Waals surface area (Å²) in [5.74, 6) is -16.5. The van der Waals surface area contributed by atoms with Crippen molar-refractivity contribution >= 4 is 128 Å². The summed E-state index contributed by atoms with van der Waals surface area (Å²) < 4.78 is 0. The number of unbranched alkanes of at least 4 members (excludes halogenated alkanes) is 1. The zero-order valence-corrected chi connectivity index (χ0v) is 76.6. The number of aromatic nitrogens is 1. The summed E-state index contributed by atoms with van der Waals surface area (Å²) in [5.41, 5.74) is 20.9. The lowest BCUT2D eigenvalue weighted by Gasteiger charge is -2.37. The van der Waals surface area contributed by atoms with Crippen LogP contribution in [0.3, 0.4) is 0 Å². The topological polar surface area (TPSA) is 532 Å². The number of aromatic amines is 1. The average molecular weight is 1850 g/mol. The number of carbonyl (C=O) groups is 16. The number of nitrogens with zero attached hydrogens (tertiary/aromatic N) is 5. The monoisotopic (exact) mass is 1840 g/mol. The highest BCUT2D eigenvalue weighted by molar-refractivity contribution is 8.00. The third-order valence-electron chi connectivity index (χ3n) is 23.0. The molecular formula is C96H120N18O18S. The van der Waals surface area contributed by atoms with Crippen LogP contribution in [0.25, 0.3) is 21.7 Å². The lowest BCUT2D eigenvalue weighted by Crippen LogP contribution is -2.61. The van der Waals surface area contributed by atoms with Crippen LogP contribution in [-0.4, -0.2) is 274 Å². The quantitative estimate of drug-likeness (QED) is 0.0408. The van der Waals surface area contributed by atoms with Gasteiger partial charge in [-0.15, -0.1) is 11.8 Å². The van der Waals surface area contributed by atoms with E-state index in [2.05, 4.69) is 52.8 Å². The maximum absolute atomic E-state index is 15.8. The molecule has 18 N–H and O–H groups in total. The number of aromatic hydroxyl groups is 2. The van der Waals surface area contributed by atoms with E-state index in [-0.39, 0.29) is 75.8 Å². The average Bonchev–Trinajstić information content (AvgIpc) is 1.72. The standard InChI is InChI=1S/C96H120N18O18S/c1-9-10-31-77-94(130)111(5)54-83(120)103-73(50-80(98)117)90(126)109-85(57(2)3)96(132)113(7)78(47-59-24-15-12-16-25-59)91(127)107-74(46-61-35-40-67(116)41-36-61)92(128)110(4)53-82(119)102-72(49-65-51-100-69-29-20-19-28-68(65)69)89(125)106-71(44-60-33-38-66(115)39-34-60)88(124)105-70(30-21-42-97)87(123)108-76(86(122)101-52-81(99)118)55-133-56-84(121)104-75(45-58-22-13-11-14-23-58)93(129)114(8)79(95(131)112(77)6)48-62-32-37-63-26-17-18-27-64(63)43-62/h11-20,22-29,32-41,43,51,57,70-79,85,100,115-116H,9-10,21,30-31,42,44-50,52-56,97H2,1-8H3,(H2,98,117)(H2,99,118)(H,101,122)(H,102,119)(H,103,120)(H,104,121)(H,105,124)(H,106,125)(H,107,127)(H,108,123)(H,109,126)/t70-,71-,72-,73-,74-,75-,76-,77-,78-,79?,85-/m0/s1. The SMILES string of the molecule is CCCC[C@H]1C(=O)N(C)CC(=O)N[C@@H](CC(N)=O)C(=O)N[C@@H](C(C)C)C(=O)N(C)[C@@H](Cc2ccccc2)C(=O)N[C@@H](Cc2ccc(O)cc2)C(=O)N(C)CC(=O)N[C@@H](Cc2c[nH]c3ccccc23)C(=O)N[C@@H](Cc2ccc(O)cc2)C(=O)N[C@@H](CCCN)C(=O)N[C@H](C(=O)NCC(N)=O)CSCC(=O)N[C@@H](Cc2ccccc2)C(=O)N(C)C(Cc2ccc3ccccc3c2)C(=O)N1C. The van der Waals surface area contributed by atoms with Crippen molar-refractivity contribution in [1.29, 1.82) is 0 Å². The highest BCUT2D eigenvalue weighted by Crippen LogP contribution is 2.26. The summed E-state index contributed by atoms with van der Waals surface area (Å²) >= 11 is 0.819. The van der Waals surface area contributed by atoms with Gasteiger partial charge in [-0.1, -0.05) is 179 Å². The van der Waals surface area contributed by atoms with E-state index >= 15 is 38.4 Å². The second-order valence-electron chi connectivity index (χ2n) is 33.6. The number of phenolic OH excluding ortho intramolecular Hbond substituents is 2. The molecule has 1 saturated heterocycles. The summed E-state index contributed by atoms with van der Waals surface area (Å²) in [7, 11) is 6.62. The van der Waals surface area contributed by atoms with Crippen molar-refractivity contribution in [2.45, 2.75) is 164 Å². The maximum atomic E-state index is 15.8. The number of hydrogen-bond acceptors (Lipinski definition) is 20. The highest BCUT2D eigenvalue weighted by atomic mass is 32.2. The number of carbonyl (C=O) groups excluding carboxylic acids is 16. The van der Waals surface area contributed by atoms with Gasteiger partial charge in [-0.05, 0) is 106 Å². The number of rotatable bonds is 24. The number of phenols is 2. The Labute approximate surface area is 775 Å². The number of fused-ring (bicyclic) bond motifs is 2. The van der Waals surface area contributed by atoms with Crippen LogP contribution in [-0.2, 0) is 115 Å². The lowest BCUT2D eigenvalue weighted by molar-refractivity contribution is -0.151. The second kappa shape index (κ2) is 49.7. The molecule has 0 saturated carbocycles. The van der Waals surface area contributed by atoms with Crippen LogP contribution in [0.1, 0.15) is 92.7 Å². The van der Waals surface area contributed by atoms with Gasteiger partial charge in [0.2, 0.25) is 94.5 Å². The first-order valence-electron chi connectivity index (χ1n) is 44.0. The van der Waals surface area contributed by atoms with Crippen molar-refractivity contribution in [2.24, 2.45) is 23.1 Å². The Hall–Kier alpha value is -14.2. The first-order valence-corrected chi connectivity index (χ1v) is 45.1. The summed E-state index contributed by atoms with van der Waals surface area (Å²) in [6, 6.07) is 31.6. The maximum Gasteiger partial charge on any atom is 0.246 e. The molecule has 1 aliphatic rings. The molecular weight excluding hydrogens is 1730 g/mol. The van der Waals surface area contributed by atoms with E-state index in [1.165, 1.54) is 93.6 Å². The predicted octanol–water partition coefficient (Wildman–Crippen LogP) is 1.57. The smallest absolute Gasteiger partial charge is 0.246 e. The molecule has 11 atom stereocenters. The fourth-order valence-electron chi connectivity index (χ4n) is 15.6. The Balaban J connectivity index is 1.12. The summed E-state index contributed by atoms with van der Waals surface area (Å²) in [5, 5.41) is 47.1. The molecule has 7 aromatic carbocycles. The van der Waals surface area contributed by atoms with Crippen LogP contribution in [0, 0.1) is 5.92 Å². The molecule has 16 amide bonds. The third kappa shape index (κ3) is 30.2. The van der Waals surface area contributed by atoms with Crippen molar-refractivity contribution in [2.75, 3.05) is 72.9 Å². The minimum Gasteiger partial charge on any atom is -0.508 e. The highest BCUT2D eigenvalue weighted by Gasteiger charge is 2.42. The summed E-state index contributed by atoms with van der Waals surface area (Å²) in [4.78, 5) is 245. The predicted molar refractivity (Wildman–Crippen MR) is 500 cm³/mol. The number of nitrogens with two attached hydrogens (primary N) is 3. The van der Waals surface area contributed by atoms with Crippen molar-refractivity contribution < 1.29 is 86.9 Å². The van der Waals surface area contributed by atoms with E-state index in [0.717, 1.165) is 37.2 Å². The van der Waals surface area contributed by atoms with Gasteiger partial charge >= 0.3 is 0 Å². The molecule has 1 fully saturated rings. The van der Waals surface area contributed by atoms with Crippen LogP contribution < -0.4 is 65.1 Å². The summed E-state index contributed by atoms with van der Waals surface area (Å²) in [6.45, 7) is 2.73. The van der Waals surface area contributed by atoms with E-state index in [4.69, 9.17) is 17.2 Å². The molecule has 37 heteroatoms. The van der Waals surface area contributed by atoms with Crippen LogP contribution in [0.5, 0.6) is 11.5 Å². The zero-order valence-electron chi connectivity index (χ0n) is 75.8. The van der Waals surface area contributed by atoms with Gasteiger partial charge in [-0.25, -0.2) is 0 Å². The number of hydrogen-bond donors (Lipinski definition) is 15. The van der Waals surface area contributed by atoms with E-state index in [0.29, 0.717) is 57.1 Å². The Kier molecular flexibility index (Phi) is 38.3. The molecule has 8 aromatic rings. The fraction of sp³-hybridized carbons (Fsp3) is 0.396. The number of thioether (sulfide) groups is 1. The number of para-hydroxylation sites is 1. The number of nitrogens with one attached hydrogen (secondary N) is 10. The number of primary amides is 2. The number of benzene rings is 7. The van der Waals surface area contributed by atoms with E-state index < -0.39 is 204 Å². The van der Waals surface area contributed by atoms with Gasteiger partial charge in [0.15, 0.2) is 0 Å². The molecule has 0 aliphatic carbocycles. The molecule has 9 rings (SSSR count). The molecule has 1 aliphatic heterocycles. The zero-order chi connectivity index (χ0) is 96.7. The summed E-state index contributed by atoms with van der Waals surface area (Å²) in [6.07, 6.45) is 0.273. The number of likely N-dealkylation sites (N-methyl/N-ethyl adjacent to an activating group) is 5. The number of H-pyrrole nitrogens is 1. The minimum absolute atomic E-state index is 0.0201. The molecule has 1 unspecified atom stereocenters. The Morgan fingerprint density at radius 2 is 0.925 bits per heavy atom. The lowest BCUT2D eigenvalue weighted by atomic mass is 9.97. The molecule has 36 nitrogen and oxygen atoms in total. The van der Waals surface area contributed by atoms with Gasteiger partial charge < -0.3 is 105 Å². The second-order valence-corrected chi connectivity index (χ2v) is 34.7. The number of amides is 16. The van der Waals surface area contributed by atoms with Gasteiger partial charge in [-0.2, -0.15) is 0 Å². The van der Waals surface area contributed by atoms with Crippen molar-refractivity contribution in [3.8, 4) is 11.5 Å². The van der Waals surface area contributed by atoms with E-state index in [9.17, 15) is 48.6 Å². The first-order chi connectivity index (χ1) is 63.5. The van der Waals surface area contributed by atoms with Crippen molar-refractivity contribution in [3.05, 3.63) is 216 Å². The Morgan fingerprint density at radius 3 is 1.52 bits per heavy atom. The fourth-order valence-corrected chi connectivity index (χ4v) is 16.5. The molecule has 1 aromatic heterocycles. The van der Waals surface area contributed by atoms with Crippen LogP contribution in [0.4, 0.5) is 0 Å².